The molecule has 1 fully saturated rings. The van der Waals surface area contributed by atoms with E-state index in [2.05, 4.69) is 43.4 Å². The van der Waals surface area contributed by atoms with E-state index >= 15 is 0 Å². The van der Waals surface area contributed by atoms with Gasteiger partial charge in [-0.15, -0.1) is 0 Å². The molecular formula is C13H20N2. The lowest BCUT2D eigenvalue weighted by Crippen LogP contribution is -2.49. The van der Waals surface area contributed by atoms with Gasteiger partial charge >= 0.3 is 0 Å². The van der Waals surface area contributed by atoms with Crippen LogP contribution in [0.2, 0.25) is 0 Å². The molecule has 1 aliphatic carbocycles. The zero-order chi connectivity index (χ0) is 10.8. The molecular weight excluding hydrogens is 184 g/mol. The second-order valence-electron chi connectivity index (χ2n) is 4.67. The predicted molar refractivity (Wildman–Crippen MR) is 63.7 cm³/mol. The average molecular weight is 204 g/mol. The Labute approximate surface area is 91.9 Å². The molecule has 1 saturated carbocycles. The van der Waals surface area contributed by atoms with Crippen molar-refractivity contribution in [2.24, 2.45) is 5.73 Å². The zero-order valence-corrected chi connectivity index (χ0v) is 9.53. The first kappa shape index (κ1) is 10.7. The Morgan fingerprint density at radius 1 is 1.33 bits per heavy atom. The third-order valence-electron chi connectivity index (χ3n) is 3.32. The van der Waals surface area contributed by atoms with Crippen molar-refractivity contribution in [1.82, 2.24) is 5.32 Å². The average Bonchev–Trinajstić information content (AvgIpc) is 2.16. The van der Waals surface area contributed by atoms with Crippen LogP contribution in [0.15, 0.2) is 24.3 Å². The lowest BCUT2D eigenvalue weighted by molar-refractivity contribution is 0.272. The van der Waals surface area contributed by atoms with Crippen molar-refractivity contribution < 1.29 is 0 Å². The summed E-state index contributed by atoms with van der Waals surface area (Å²) in [4.78, 5) is 0. The molecule has 2 nitrogen and oxygen atoms in total. The summed E-state index contributed by atoms with van der Waals surface area (Å²) in [6.07, 6.45) is 2.24. The van der Waals surface area contributed by atoms with Crippen molar-refractivity contribution in [2.75, 3.05) is 0 Å². The summed E-state index contributed by atoms with van der Waals surface area (Å²) in [6, 6.07) is 10.0. The molecule has 1 unspecified atom stereocenters. The number of hydrogen-bond donors (Lipinski definition) is 2. The maximum atomic E-state index is 5.77. The molecule has 0 heterocycles. The Balaban J connectivity index is 1.96. The molecule has 0 amide bonds. The van der Waals surface area contributed by atoms with Crippen LogP contribution in [0.5, 0.6) is 0 Å². The van der Waals surface area contributed by atoms with Crippen molar-refractivity contribution >= 4 is 0 Å². The maximum absolute atomic E-state index is 5.77. The minimum absolute atomic E-state index is 0.423. The van der Waals surface area contributed by atoms with Crippen LogP contribution in [0.4, 0.5) is 0 Å². The van der Waals surface area contributed by atoms with Gasteiger partial charge in [0.05, 0.1) is 0 Å². The second kappa shape index (κ2) is 4.33. The lowest BCUT2D eigenvalue weighted by atomic mass is 9.86. The highest BCUT2D eigenvalue weighted by Crippen LogP contribution is 2.23. The fraction of sp³-hybridized carbons (Fsp3) is 0.538. The molecule has 3 N–H and O–H groups in total. The van der Waals surface area contributed by atoms with Gasteiger partial charge in [0.15, 0.2) is 0 Å². The van der Waals surface area contributed by atoms with Gasteiger partial charge in [0, 0.05) is 18.1 Å². The fourth-order valence-electron chi connectivity index (χ4n) is 2.31. The van der Waals surface area contributed by atoms with Crippen LogP contribution >= 0.6 is 0 Å². The molecule has 82 valence electrons. The van der Waals surface area contributed by atoms with E-state index in [1.165, 1.54) is 11.1 Å². The summed E-state index contributed by atoms with van der Waals surface area (Å²) >= 11 is 0. The summed E-state index contributed by atoms with van der Waals surface area (Å²) in [6.45, 7) is 4.40. The van der Waals surface area contributed by atoms with Crippen molar-refractivity contribution in [3.8, 4) is 0 Å². The van der Waals surface area contributed by atoms with Gasteiger partial charge in [-0.05, 0) is 37.8 Å². The van der Waals surface area contributed by atoms with E-state index in [1.54, 1.807) is 0 Å². The van der Waals surface area contributed by atoms with E-state index in [0.717, 1.165) is 12.8 Å². The zero-order valence-electron chi connectivity index (χ0n) is 9.53. The molecule has 0 bridgehead atoms. The van der Waals surface area contributed by atoms with Gasteiger partial charge in [-0.3, -0.25) is 0 Å². The normalized spacial score (nSPS) is 27.1. The van der Waals surface area contributed by atoms with Crippen LogP contribution in [-0.2, 0) is 0 Å². The number of aryl methyl sites for hydroxylation is 1. The smallest absolute Gasteiger partial charge is 0.0296 e. The Morgan fingerprint density at radius 2 is 2.00 bits per heavy atom. The minimum atomic E-state index is 0.423. The predicted octanol–water partition coefficient (Wildman–Crippen LogP) is 2.14. The highest BCUT2D eigenvalue weighted by molar-refractivity contribution is 5.28. The van der Waals surface area contributed by atoms with Crippen molar-refractivity contribution in [3.05, 3.63) is 35.4 Å². The van der Waals surface area contributed by atoms with Gasteiger partial charge in [-0.25, -0.2) is 0 Å². The molecule has 0 saturated heterocycles. The number of benzene rings is 1. The highest BCUT2D eigenvalue weighted by Gasteiger charge is 2.27. The summed E-state index contributed by atoms with van der Waals surface area (Å²) in [5, 5.41) is 3.62. The van der Waals surface area contributed by atoms with E-state index in [1.807, 2.05) is 0 Å². The van der Waals surface area contributed by atoms with Crippen LogP contribution in [0.25, 0.3) is 0 Å². The van der Waals surface area contributed by atoms with E-state index < -0.39 is 0 Å². The summed E-state index contributed by atoms with van der Waals surface area (Å²) in [5.41, 5.74) is 8.54. The fourth-order valence-corrected chi connectivity index (χ4v) is 2.31. The van der Waals surface area contributed by atoms with Crippen molar-refractivity contribution in [2.45, 2.75) is 44.8 Å². The van der Waals surface area contributed by atoms with Gasteiger partial charge in [-0.1, -0.05) is 24.3 Å². The van der Waals surface area contributed by atoms with Crippen LogP contribution in [0, 0.1) is 6.92 Å². The van der Waals surface area contributed by atoms with Crippen molar-refractivity contribution in [3.63, 3.8) is 0 Å². The topological polar surface area (TPSA) is 38.0 Å². The van der Waals surface area contributed by atoms with Gasteiger partial charge in [0.25, 0.3) is 0 Å². The molecule has 2 rings (SSSR count). The standard InChI is InChI=1S/C13H20N2/c1-9-5-3-4-6-13(9)10(2)15-12-7-11(14)8-12/h3-6,10-12,15H,7-8,14H2,1-2H3. The first-order chi connectivity index (χ1) is 7.16. The minimum Gasteiger partial charge on any atom is -0.328 e. The number of nitrogens with one attached hydrogen (secondary N) is 1. The maximum Gasteiger partial charge on any atom is 0.0296 e. The largest absolute Gasteiger partial charge is 0.328 e. The lowest BCUT2D eigenvalue weighted by Gasteiger charge is -2.35. The molecule has 1 aliphatic rings. The monoisotopic (exact) mass is 204 g/mol. The van der Waals surface area contributed by atoms with Crippen LogP contribution in [0.3, 0.4) is 0 Å². The SMILES string of the molecule is Cc1ccccc1C(C)NC1CC(N)C1. The van der Waals surface area contributed by atoms with Crippen molar-refractivity contribution in [1.29, 1.82) is 0 Å². The van der Waals surface area contributed by atoms with Gasteiger partial charge in [0.2, 0.25) is 0 Å². The first-order valence-electron chi connectivity index (χ1n) is 5.74. The molecule has 2 heteroatoms. The summed E-state index contributed by atoms with van der Waals surface area (Å²) < 4.78 is 0. The molecule has 0 aliphatic heterocycles. The molecule has 1 aromatic carbocycles. The van der Waals surface area contributed by atoms with Crippen LogP contribution < -0.4 is 11.1 Å². The first-order valence-corrected chi connectivity index (χ1v) is 5.74. The van der Waals surface area contributed by atoms with Crippen LogP contribution in [0.1, 0.15) is 36.9 Å². The van der Waals surface area contributed by atoms with E-state index in [0.29, 0.717) is 18.1 Å². The number of rotatable bonds is 3. The third kappa shape index (κ3) is 2.39. The van der Waals surface area contributed by atoms with Gasteiger partial charge in [0.1, 0.15) is 0 Å². The molecule has 0 aromatic heterocycles. The second-order valence-corrected chi connectivity index (χ2v) is 4.67. The quantitative estimate of drug-likeness (QED) is 0.791. The Bertz CT molecular complexity index is 329. The molecule has 1 atom stereocenters. The van der Waals surface area contributed by atoms with Gasteiger partial charge < -0.3 is 11.1 Å². The number of nitrogens with two attached hydrogens (primary N) is 1. The highest BCUT2D eigenvalue weighted by atomic mass is 15.0. The Hall–Kier alpha value is -0.860. The van der Waals surface area contributed by atoms with E-state index in [-0.39, 0.29) is 0 Å². The summed E-state index contributed by atoms with van der Waals surface area (Å²) in [5.74, 6) is 0. The third-order valence-corrected chi connectivity index (χ3v) is 3.32. The molecule has 0 spiro atoms. The molecule has 1 aromatic rings. The molecule has 0 radical (unpaired) electrons. The number of hydrogen-bond acceptors (Lipinski definition) is 2. The van der Waals surface area contributed by atoms with Crippen LogP contribution in [-0.4, -0.2) is 12.1 Å². The Morgan fingerprint density at radius 3 is 2.60 bits per heavy atom. The van der Waals surface area contributed by atoms with E-state index in [4.69, 9.17) is 5.73 Å². The van der Waals surface area contributed by atoms with Gasteiger partial charge in [-0.2, -0.15) is 0 Å². The molecule has 15 heavy (non-hydrogen) atoms. The summed E-state index contributed by atoms with van der Waals surface area (Å²) in [7, 11) is 0. The van der Waals surface area contributed by atoms with E-state index in [9.17, 15) is 0 Å². The Kier molecular flexibility index (Phi) is 3.08.